The quantitative estimate of drug-likeness (QED) is 0.227. The highest BCUT2D eigenvalue weighted by molar-refractivity contribution is 5.97. The fourth-order valence-electron chi connectivity index (χ4n) is 2.16. The largest absolute Gasteiger partial charge is 0.487 e. The first-order valence-electron chi connectivity index (χ1n) is 7.94. The highest BCUT2D eigenvalue weighted by atomic mass is 19.4. The van der Waals surface area contributed by atoms with Crippen LogP contribution in [0.2, 0.25) is 0 Å². The van der Waals surface area contributed by atoms with Crippen LogP contribution in [0.1, 0.15) is 12.5 Å². The average Bonchev–Trinajstić information content (AvgIpc) is 2.66. The topological polar surface area (TPSA) is 100 Å². The lowest BCUT2D eigenvalue weighted by atomic mass is 10.1. The Morgan fingerprint density at radius 2 is 1.77 bits per heavy atom. The molecule has 2 rings (SSSR count). The summed E-state index contributed by atoms with van der Waals surface area (Å²) in [6, 6.07) is 3.61. The van der Waals surface area contributed by atoms with Crippen molar-refractivity contribution in [2.75, 3.05) is 17.4 Å². The van der Waals surface area contributed by atoms with Crippen molar-refractivity contribution < 1.29 is 51.2 Å². The summed E-state index contributed by atoms with van der Waals surface area (Å²) < 4.78 is 83.7. The van der Waals surface area contributed by atoms with Gasteiger partial charge in [0.2, 0.25) is 5.82 Å². The molecule has 0 aromatic heterocycles. The van der Waals surface area contributed by atoms with Gasteiger partial charge in [-0.15, -0.1) is 4.99 Å². The molecule has 13 heteroatoms. The van der Waals surface area contributed by atoms with Crippen molar-refractivity contribution in [1.82, 2.24) is 0 Å². The lowest BCUT2D eigenvalue weighted by molar-refractivity contribution is -0.216. The summed E-state index contributed by atoms with van der Waals surface area (Å²) in [5.41, 5.74) is -3.16. The summed E-state index contributed by atoms with van der Waals surface area (Å²) in [5, 5.41) is 20.5. The molecule has 0 spiro atoms. The Labute approximate surface area is 164 Å². The van der Waals surface area contributed by atoms with Gasteiger partial charge in [0.25, 0.3) is 5.91 Å². The first kappa shape index (κ1) is 23.3. The summed E-state index contributed by atoms with van der Waals surface area (Å²) in [4.78, 5) is 15.7. The van der Waals surface area contributed by atoms with Gasteiger partial charge in [-0.2, -0.15) is 17.6 Å². The molecule has 1 atom stereocenters. The molecule has 164 valence electrons. The van der Waals surface area contributed by atoms with Gasteiger partial charge >= 0.3 is 6.18 Å². The van der Waals surface area contributed by atoms with E-state index in [1.165, 1.54) is 0 Å². The van der Waals surface area contributed by atoms with E-state index >= 15 is 0 Å². The Hall–Kier alpha value is -3.03. The molecule has 2 aromatic rings. The zero-order chi connectivity index (χ0) is 22.7. The van der Waals surface area contributed by atoms with Crippen molar-refractivity contribution in [2.45, 2.75) is 18.7 Å². The smallest absolute Gasteiger partial charge is 0.418 e. The summed E-state index contributed by atoms with van der Waals surface area (Å²) >= 11 is 0. The minimum atomic E-state index is -4.89. The number of amides is 1. The van der Waals surface area contributed by atoms with E-state index in [9.17, 15) is 36.2 Å². The number of hydrogen-bond donors (Lipinski definition) is 4. The zero-order valence-electron chi connectivity index (χ0n) is 15.0. The second-order valence-electron chi connectivity index (χ2n) is 6.14. The SMILES string of the molecule is CC(O)(COc1ccc(F)c(F)c1F)C(=O)Nc1ccc(NOO)c(C(F)(F)F)c1. The first-order chi connectivity index (χ1) is 13.9. The van der Waals surface area contributed by atoms with Gasteiger partial charge in [-0.25, -0.2) is 19.5 Å². The number of alkyl halides is 3. The van der Waals surface area contributed by atoms with Crippen molar-refractivity contribution in [3.05, 3.63) is 53.3 Å². The Morgan fingerprint density at radius 3 is 2.37 bits per heavy atom. The molecule has 1 unspecified atom stereocenters. The first-order valence-corrected chi connectivity index (χ1v) is 7.94. The van der Waals surface area contributed by atoms with Gasteiger partial charge in [-0.1, -0.05) is 0 Å². The number of ether oxygens (including phenoxy) is 1. The van der Waals surface area contributed by atoms with E-state index in [1.54, 1.807) is 5.48 Å². The van der Waals surface area contributed by atoms with Gasteiger partial charge < -0.3 is 15.2 Å². The fraction of sp³-hybridized carbons (Fsp3) is 0.235. The third-order valence-corrected chi connectivity index (χ3v) is 3.74. The molecule has 2 aromatic carbocycles. The van der Waals surface area contributed by atoms with Crippen LogP contribution in [-0.2, 0) is 16.0 Å². The molecule has 0 radical (unpaired) electrons. The van der Waals surface area contributed by atoms with E-state index in [1.807, 2.05) is 5.32 Å². The molecule has 30 heavy (non-hydrogen) atoms. The van der Waals surface area contributed by atoms with E-state index in [4.69, 9.17) is 9.99 Å². The molecule has 0 saturated heterocycles. The van der Waals surface area contributed by atoms with Crippen LogP contribution in [0.5, 0.6) is 5.75 Å². The van der Waals surface area contributed by atoms with Crippen LogP contribution in [-0.4, -0.2) is 28.5 Å². The summed E-state index contributed by atoms with van der Waals surface area (Å²) in [7, 11) is 0. The number of hydrogen-bond acceptors (Lipinski definition) is 6. The molecule has 4 N–H and O–H groups in total. The number of carbonyl (C=O) groups excluding carboxylic acids is 1. The molecule has 0 heterocycles. The Morgan fingerprint density at radius 1 is 1.10 bits per heavy atom. The maximum Gasteiger partial charge on any atom is 0.418 e. The number of aliphatic hydroxyl groups is 1. The van der Waals surface area contributed by atoms with Crippen molar-refractivity contribution in [3.8, 4) is 5.75 Å². The van der Waals surface area contributed by atoms with E-state index in [-0.39, 0.29) is 0 Å². The van der Waals surface area contributed by atoms with Gasteiger partial charge in [0.15, 0.2) is 23.0 Å². The van der Waals surface area contributed by atoms with Crippen LogP contribution < -0.4 is 15.5 Å². The van der Waals surface area contributed by atoms with Crippen molar-refractivity contribution in [1.29, 1.82) is 0 Å². The molecule has 7 nitrogen and oxygen atoms in total. The predicted molar refractivity (Wildman–Crippen MR) is 89.8 cm³/mol. The molecular formula is C17H14F6N2O5. The highest BCUT2D eigenvalue weighted by Gasteiger charge is 2.36. The number of halogens is 6. The van der Waals surface area contributed by atoms with Crippen LogP contribution >= 0.6 is 0 Å². The van der Waals surface area contributed by atoms with E-state index in [0.717, 1.165) is 25.1 Å². The molecular weight excluding hydrogens is 426 g/mol. The Balaban J connectivity index is 2.15. The second-order valence-corrected chi connectivity index (χ2v) is 6.14. The Kier molecular flexibility index (Phi) is 6.80. The molecule has 0 aliphatic heterocycles. The number of rotatable bonds is 7. The van der Waals surface area contributed by atoms with Crippen LogP contribution in [0, 0.1) is 17.5 Å². The molecule has 0 saturated carbocycles. The summed E-state index contributed by atoms with van der Waals surface area (Å²) in [6.07, 6.45) is -4.89. The zero-order valence-corrected chi connectivity index (χ0v) is 15.0. The van der Waals surface area contributed by atoms with Crippen molar-refractivity contribution >= 4 is 17.3 Å². The molecule has 0 aliphatic rings. The number of anilines is 2. The molecule has 0 fully saturated rings. The van der Waals surface area contributed by atoms with Gasteiger partial charge in [0.1, 0.15) is 6.61 Å². The standard InChI is InChI=1S/C17H14F6N2O5/c1-16(27,7-29-12-5-3-10(18)13(19)14(12)20)15(26)24-8-2-4-11(25-30-28)9(6-8)17(21,22)23/h2-6,25,27-28H,7H2,1H3,(H,24,26). The number of carbonyl (C=O) groups is 1. The van der Waals surface area contributed by atoms with E-state index < -0.39 is 64.4 Å². The molecule has 0 aliphatic carbocycles. The molecule has 0 bridgehead atoms. The van der Waals surface area contributed by atoms with Crippen LogP contribution in [0.15, 0.2) is 30.3 Å². The lowest BCUT2D eigenvalue weighted by Gasteiger charge is -2.23. The Bertz CT molecular complexity index is 936. The maximum atomic E-state index is 13.6. The highest BCUT2D eigenvalue weighted by Crippen LogP contribution is 2.36. The van der Waals surface area contributed by atoms with Gasteiger partial charge in [0.05, 0.1) is 11.3 Å². The van der Waals surface area contributed by atoms with Crippen molar-refractivity contribution in [2.24, 2.45) is 0 Å². The van der Waals surface area contributed by atoms with Crippen molar-refractivity contribution in [3.63, 3.8) is 0 Å². The van der Waals surface area contributed by atoms with Crippen LogP contribution in [0.3, 0.4) is 0 Å². The lowest BCUT2D eigenvalue weighted by Crippen LogP contribution is -2.45. The van der Waals surface area contributed by atoms with Gasteiger partial charge in [0, 0.05) is 5.69 Å². The van der Waals surface area contributed by atoms with Crippen LogP contribution in [0.4, 0.5) is 37.7 Å². The van der Waals surface area contributed by atoms with Gasteiger partial charge in [-0.3, -0.25) is 4.79 Å². The third kappa shape index (κ3) is 5.31. The monoisotopic (exact) mass is 440 g/mol. The fourth-order valence-corrected chi connectivity index (χ4v) is 2.16. The summed E-state index contributed by atoms with van der Waals surface area (Å²) in [6.45, 7) is -0.0364. The minimum Gasteiger partial charge on any atom is -0.487 e. The van der Waals surface area contributed by atoms with E-state index in [0.29, 0.717) is 12.1 Å². The van der Waals surface area contributed by atoms with E-state index in [2.05, 4.69) is 4.99 Å². The third-order valence-electron chi connectivity index (χ3n) is 3.74. The van der Waals surface area contributed by atoms with Crippen LogP contribution in [0.25, 0.3) is 0 Å². The number of nitrogens with one attached hydrogen (secondary N) is 2. The predicted octanol–water partition coefficient (Wildman–Crippen LogP) is 3.71. The summed E-state index contributed by atoms with van der Waals surface area (Å²) in [5.74, 6) is -7.01. The molecule has 1 amide bonds. The second kappa shape index (κ2) is 8.77. The maximum absolute atomic E-state index is 13.6. The van der Waals surface area contributed by atoms with Gasteiger partial charge in [-0.05, 0) is 37.3 Å². The number of benzene rings is 2. The minimum absolute atomic E-state index is 0.393. The average molecular weight is 440 g/mol. The normalized spacial score (nSPS) is 13.5.